The zero-order chi connectivity index (χ0) is 23.0. The first-order valence-electron chi connectivity index (χ1n) is 10.2. The highest BCUT2D eigenvalue weighted by Crippen LogP contribution is 2.32. The average Bonchev–Trinajstić information content (AvgIpc) is 2.78. The van der Waals surface area contributed by atoms with Crippen LogP contribution in [0.3, 0.4) is 0 Å². The number of aryl methyl sites for hydroxylation is 2. The van der Waals surface area contributed by atoms with Gasteiger partial charge >= 0.3 is 0 Å². The highest BCUT2D eigenvalue weighted by molar-refractivity contribution is 7.92. The van der Waals surface area contributed by atoms with Crippen LogP contribution in [-0.4, -0.2) is 28.4 Å². The van der Waals surface area contributed by atoms with Crippen LogP contribution in [0.25, 0.3) is 21.9 Å². The Labute approximate surface area is 190 Å². The molecule has 0 aliphatic carbocycles. The Balaban J connectivity index is 1.47. The molecule has 33 heavy (non-hydrogen) atoms. The van der Waals surface area contributed by atoms with E-state index in [0.717, 1.165) is 27.7 Å². The van der Waals surface area contributed by atoms with Crippen LogP contribution in [0.4, 0.5) is 17.3 Å². The van der Waals surface area contributed by atoms with E-state index in [2.05, 4.69) is 30.0 Å². The molecule has 164 valence electrons. The summed E-state index contributed by atoms with van der Waals surface area (Å²) in [7, 11) is -3.83. The standard InChI is InChI=1S/C24H20N6O2S/c1-15-14-16(2)27-24(26-15)30-33(31,32)18-11-9-17(10-12-18)28-22-19-6-3-4-8-21(19)29-23-20(22)7-5-13-25-23/h3-14H,1-2H3,(H,25,28,29)(H,26,27,30). The van der Waals surface area contributed by atoms with Crippen LogP contribution in [-0.2, 0) is 10.0 Å². The van der Waals surface area contributed by atoms with Gasteiger partial charge in [-0.05, 0) is 62.4 Å². The zero-order valence-corrected chi connectivity index (χ0v) is 18.8. The van der Waals surface area contributed by atoms with Crippen molar-refractivity contribution in [3.63, 3.8) is 0 Å². The molecule has 0 aliphatic heterocycles. The number of hydrogen-bond donors (Lipinski definition) is 2. The number of para-hydroxylation sites is 1. The van der Waals surface area contributed by atoms with Crippen molar-refractivity contribution in [1.82, 2.24) is 19.9 Å². The number of fused-ring (bicyclic) bond motifs is 2. The van der Waals surface area contributed by atoms with Crippen molar-refractivity contribution >= 4 is 49.3 Å². The summed E-state index contributed by atoms with van der Waals surface area (Å²) in [5, 5.41) is 5.24. The number of sulfonamides is 1. The zero-order valence-electron chi connectivity index (χ0n) is 17.9. The highest BCUT2D eigenvalue weighted by atomic mass is 32.2. The number of aromatic nitrogens is 4. The lowest BCUT2D eigenvalue weighted by molar-refractivity contribution is 0.601. The van der Waals surface area contributed by atoms with Gasteiger partial charge < -0.3 is 5.32 Å². The fourth-order valence-corrected chi connectivity index (χ4v) is 4.61. The highest BCUT2D eigenvalue weighted by Gasteiger charge is 2.17. The molecular weight excluding hydrogens is 436 g/mol. The van der Waals surface area contributed by atoms with Crippen LogP contribution in [0.15, 0.2) is 77.8 Å². The van der Waals surface area contributed by atoms with Crippen molar-refractivity contribution in [2.24, 2.45) is 0 Å². The molecule has 0 amide bonds. The van der Waals surface area contributed by atoms with Crippen molar-refractivity contribution in [2.75, 3.05) is 10.0 Å². The third-order valence-corrected chi connectivity index (χ3v) is 6.44. The van der Waals surface area contributed by atoms with E-state index >= 15 is 0 Å². The molecule has 0 spiro atoms. The van der Waals surface area contributed by atoms with Gasteiger partial charge in [0.05, 0.1) is 16.1 Å². The number of anilines is 3. The summed E-state index contributed by atoms with van der Waals surface area (Å²) in [4.78, 5) is 17.4. The molecule has 0 radical (unpaired) electrons. The topological polar surface area (TPSA) is 110 Å². The van der Waals surface area contributed by atoms with Gasteiger partial charge in [0.25, 0.3) is 10.0 Å². The Hall–Kier alpha value is -4.11. The number of benzene rings is 2. The smallest absolute Gasteiger partial charge is 0.264 e. The van der Waals surface area contributed by atoms with Crippen molar-refractivity contribution < 1.29 is 8.42 Å². The Morgan fingerprint density at radius 2 is 1.48 bits per heavy atom. The second-order valence-electron chi connectivity index (χ2n) is 7.61. The Kier molecular flexibility index (Phi) is 5.10. The maximum absolute atomic E-state index is 12.8. The molecule has 0 unspecified atom stereocenters. The average molecular weight is 457 g/mol. The molecule has 2 aromatic carbocycles. The van der Waals surface area contributed by atoms with E-state index in [1.165, 1.54) is 12.1 Å². The quantitative estimate of drug-likeness (QED) is 0.368. The van der Waals surface area contributed by atoms with E-state index < -0.39 is 10.0 Å². The van der Waals surface area contributed by atoms with Crippen molar-refractivity contribution in [2.45, 2.75) is 18.7 Å². The summed E-state index contributed by atoms with van der Waals surface area (Å²) in [5.74, 6) is 0.0527. The number of rotatable bonds is 5. The van der Waals surface area contributed by atoms with E-state index in [9.17, 15) is 8.42 Å². The summed E-state index contributed by atoms with van der Waals surface area (Å²) in [5.41, 5.74) is 4.43. The van der Waals surface area contributed by atoms with Crippen LogP contribution in [0.1, 0.15) is 11.4 Å². The second kappa shape index (κ2) is 8.10. The van der Waals surface area contributed by atoms with Crippen molar-refractivity contribution in [3.05, 3.63) is 84.3 Å². The van der Waals surface area contributed by atoms with Gasteiger partial charge in [0.15, 0.2) is 5.65 Å². The first-order chi connectivity index (χ1) is 15.9. The lowest BCUT2D eigenvalue weighted by Gasteiger charge is -2.13. The Morgan fingerprint density at radius 1 is 0.788 bits per heavy atom. The van der Waals surface area contributed by atoms with Gasteiger partial charge in [-0.25, -0.2) is 33.1 Å². The minimum atomic E-state index is -3.83. The van der Waals surface area contributed by atoms with Crippen LogP contribution in [0, 0.1) is 13.8 Å². The molecule has 3 heterocycles. The molecule has 0 aliphatic rings. The summed E-state index contributed by atoms with van der Waals surface area (Å²) < 4.78 is 28.1. The fraction of sp³-hybridized carbons (Fsp3) is 0.0833. The minimum absolute atomic E-state index is 0.0527. The third-order valence-electron chi connectivity index (χ3n) is 5.10. The first kappa shape index (κ1) is 20.8. The van der Waals surface area contributed by atoms with E-state index in [4.69, 9.17) is 0 Å². The fourth-order valence-electron chi connectivity index (χ4n) is 3.67. The second-order valence-corrected chi connectivity index (χ2v) is 9.29. The summed E-state index contributed by atoms with van der Waals surface area (Å²) in [6, 6.07) is 19.9. The normalized spacial score (nSPS) is 11.6. The van der Waals surface area contributed by atoms with E-state index in [1.807, 2.05) is 36.4 Å². The van der Waals surface area contributed by atoms with Crippen molar-refractivity contribution in [1.29, 1.82) is 0 Å². The lowest BCUT2D eigenvalue weighted by atomic mass is 10.1. The number of pyridine rings is 2. The van der Waals surface area contributed by atoms with E-state index in [1.54, 1.807) is 38.2 Å². The number of nitrogens with zero attached hydrogens (tertiary/aromatic N) is 4. The Morgan fingerprint density at radius 3 is 2.24 bits per heavy atom. The predicted octanol–water partition coefficient (Wildman–Crippen LogP) is 4.73. The van der Waals surface area contributed by atoms with Gasteiger partial charge in [-0.2, -0.15) is 0 Å². The molecule has 9 heteroatoms. The molecule has 0 saturated carbocycles. The number of nitrogens with one attached hydrogen (secondary N) is 2. The molecule has 0 saturated heterocycles. The van der Waals surface area contributed by atoms with Gasteiger partial charge in [-0.1, -0.05) is 18.2 Å². The molecule has 5 rings (SSSR count). The molecule has 0 fully saturated rings. The van der Waals surface area contributed by atoms with Crippen LogP contribution in [0.5, 0.6) is 0 Å². The number of hydrogen-bond acceptors (Lipinski definition) is 7. The molecule has 0 bridgehead atoms. The molecule has 5 aromatic rings. The van der Waals surface area contributed by atoms with E-state index in [0.29, 0.717) is 17.0 Å². The van der Waals surface area contributed by atoms with Gasteiger partial charge in [-0.3, -0.25) is 0 Å². The predicted molar refractivity (Wildman–Crippen MR) is 129 cm³/mol. The van der Waals surface area contributed by atoms with Gasteiger partial charge in [-0.15, -0.1) is 0 Å². The lowest BCUT2D eigenvalue weighted by Crippen LogP contribution is -2.15. The van der Waals surface area contributed by atoms with Crippen LogP contribution < -0.4 is 10.0 Å². The summed E-state index contributed by atoms with van der Waals surface area (Å²) >= 11 is 0. The summed E-state index contributed by atoms with van der Waals surface area (Å²) in [6.07, 6.45) is 1.71. The first-order valence-corrected chi connectivity index (χ1v) is 11.7. The van der Waals surface area contributed by atoms with Gasteiger partial charge in [0.2, 0.25) is 5.95 Å². The molecule has 8 nitrogen and oxygen atoms in total. The largest absolute Gasteiger partial charge is 0.354 e. The monoisotopic (exact) mass is 456 g/mol. The third kappa shape index (κ3) is 4.18. The maximum atomic E-state index is 12.8. The maximum Gasteiger partial charge on any atom is 0.264 e. The van der Waals surface area contributed by atoms with Crippen molar-refractivity contribution in [3.8, 4) is 0 Å². The summed E-state index contributed by atoms with van der Waals surface area (Å²) in [6.45, 7) is 3.57. The van der Waals surface area contributed by atoms with Gasteiger partial charge in [0, 0.05) is 34.0 Å². The Bertz CT molecular complexity index is 1530. The van der Waals surface area contributed by atoms with E-state index in [-0.39, 0.29) is 10.8 Å². The van der Waals surface area contributed by atoms with Crippen LogP contribution >= 0.6 is 0 Å². The SMILES string of the molecule is Cc1cc(C)nc(NS(=O)(=O)c2ccc(Nc3c4ccccc4nc4ncccc34)cc2)n1. The molecular formula is C24H20N6O2S. The van der Waals surface area contributed by atoms with Gasteiger partial charge in [0.1, 0.15) is 0 Å². The molecule has 2 N–H and O–H groups in total. The minimum Gasteiger partial charge on any atom is -0.354 e. The van der Waals surface area contributed by atoms with Crippen LogP contribution in [0.2, 0.25) is 0 Å². The molecule has 0 atom stereocenters. The molecule has 3 aromatic heterocycles.